The molecule has 0 aromatic heterocycles. The summed E-state index contributed by atoms with van der Waals surface area (Å²) in [5.41, 5.74) is 39.7. The molecule has 1 aliphatic carbocycles. The van der Waals surface area contributed by atoms with Crippen molar-refractivity contribution in [1.29, 1.82) is 0 Å². The molecule has 0 spiro atoms. The van der Waals surface area contributed by atoms with E-state index in [9.17, 15) is 38.4 Å². The molecule has 0 saturated heterocycles. The first-order valence-corrected chi connectivity index (χ1v) is 34.1. The first-order valence-electron chi connectivity index (χ1n) is 34.1. The van der Waals surface area contributed by atoms with Crippen molar-refractivity contribution in [3.8, 4) is 0 Å². The molecule has 90 heavy (non-hydrogen) atoms. The number of nitrogens with two attached hydrogens (primary N) is 8. The number of primary amides is 8. The van der Waals surface area contributed by atoms with Crippen molar-refractivity contribution in [3.63, 3.8) is 0 Å². The predicted molar refractivity (Wildman–Crippen MR) is 362 cm³/mol. The number of rotatable bonds is 48. The number of carbonyl (C=O) groups is 8. The van der Waals surface area contributed by atoms with Crippen LogP contribution in [-0.2, 0) is 56.9 Å². The fourth-order valence-electron chi connectivity index (χ4n) is 7.56. The third-order valence-electron chi connectivity index (χ3n) is 12.8. The SMILES string of the molecule is CCCCCCCC(N)=O.CCCCCCCC(N)=O.CCCCCCCC(N)=O.CCCCCCCC(N)=O.CCCCCCCC(N)=O.CCCCCCCC(N)=O.CCCCCCCC(N)=O.CCCCCCCC(N)=O.[C-]1=CC=CC1.[Cl-].[Cl-].[Cl-].[Cl-].[V+4]. The number of amides is 8. The van der Waals surface area contributed by atoms with Gasteiger partial charge in [0.25, 0.3) is 0 Å². The standard InChI is InChI=1S/8C8H17NO.C5H5.4ClH.V/c8*1-2-3-4-5-6-7-8(9)10;1-2-4-5-3-1;;;;;/h8*2-7H2,1H3,(H2,9,10);1-3H,4H2;4*1H;/q;;;;;;;;-1;;;;;+4/p-4. The van der Waals surface area contributed by atoms with Gasteiger partial charge >= 0.3 is 18.6 Å². The van der Waals surface area contributed by atoms with E-state index in [2.05, 4.69) is 67.5 Å². The fourth-order valence-corrected chi connectivity index (χ4v) is 7.56. The largest absolute Gasteiger partial charge is 4.00 e. The number of halogens is 4. The van der Waals surface area contributed by atoms with Gasteiger partial charge in [-0.1, -0.05) is 261 Å². The van der Waals surface area contributed by atoms with E-state index in [0.717, 1.165) is 109 Å². The maximum Gasteiger partial charge on any atom is 4.00 e. The number of hydrogen-bond acceptors (Lipinski definition) is 8. The van der Waals surface area contributed by atoms with Crippen LogP contribution in [-0.4, -0.2) is 47.3 Å². The Hall–Kier alpha value is -3.02. The van der Waals surface area contributed by atoms with Crippen molar-refractivity contribution in [2.45, 2.75) is 370 Å². The second-order valence-electron chi connectivity index (χ2n) is 22.0. The van der Waals surface area contributed by atoms with Crippen molar-refractivity contribution in [1.82, 2.24) is 0 Å². The minimum atomic E-state index is -0.170. The van der Waals surface area contributed by atoms with Crippen LogP contribution in [0.25, 0.3) is 0 Å². The van der Waals surface area contributed by atoms with Crippen molar-refractivity contribution in [2.75, 3.05) is 0 Å². The summed E-state index contributed by atoms with van der Waals surface area (Å²) in [4.78, 5) is 82.0. The fraction of sp³-hybridized carbons (Fsp3) is 0.826. The molecule has 1 rings (SSSR count). The van der Waals surface area contributed by atoms with E-state index in [1.54, 1.807) is 0 Å². The summed E-state index contributed by atoms with van der Waals surface area (Å²) in [6.07, 6.45) is 61.5. The number of carbonyl (C=O) groups excluding carboxylic acids is 8. The molecule has 0 bridgehead atoms. The van der Waals surface area contributed by atoms with Gasteiger partial charge in [-0.2, -0.15) is 6.08 Å². The maximum atomic E-state index is 10.3. The van der Waals surface area contributed by atoms with Gasteiger partial charge in [-0.15, -0.1) is 6.42 Å². The molecule has 0 unspecified atom stereocenters. The summed E-state index contributed by atoms with van der Waals surface area (Å²) in [5, 5.41) is 0. The Kier molecular flexibility index (Phi) is 148. The second kappa shape index (κ2) is 113. The minimum Gasteiger partial charge on any atom is -1.00 e. The molecule has 0 saturated carbocycles. The molecule has 21 heteroatoms. The molecular formula is C69H141Cl4N8O8V-. The zero-order valence-corrected chi connectivity index (χ0v) is 63.1. The van der Waals surface area contributed by atoms with Crippen LogP contribution in [0.15, 0.2) is 18.2 Å². The van der Waals surface area contributed by atoms with Crippen LogP contribution in [0.5, 0.6) is 0 Å². The molecule has 0 fully saturated rings. The molecule has 0 aromatic rings. The van der Waals surface area contributed by atoms with Gasteiger partial charge < -0.3 is 95.5 Å². The average Bonchev–Trinajstić information content (AvgIpc) is 4.04. The summed E-state index contributed by atoms with van der Waals surface area (Å²) in [5.74, 6) is -1.36. The molecule has 1 aliphatic rings. The monoisotopic (exact) mass is 1400 g/mol. The van der Waals surface area contributed by atoms with Gasteiger partial charge in [0.1, 0.15) is 0 Å². The van der Waals surface area contributed by atoms with Gasteiger partial charge in [0.2, 0.25) is 47.3 Å². The first-order chi connectivity index (χ1) is 40.7. The van der Waals surface area contributed by atoms with Gasteiger partial charge in [0, 0.05) is 51.4 Å². The van der Waals surface area contributed by atoms with E-state index in [4.69, 9.17) is 45.9 Å². The van der Waals surface area contributed by atoms with Gasteiger partial charge in [0.15, 0.2) is 0 Å². The van der Waals surface area contributed by atoms with Crippen LogP contribution in [0.4, 0.5) is 0 Å². The molecular weight excluding hydrogens is 1260 g/mol. The zero-order chi connectivity index (χ0) is 66.1. The molecule has 0 atom stereocenters. The normalized spacial score (nSPS) is 9.60. The minimum absolute atomic E-state index is 0. The molecule has 539 valence electrons. The summed E-state index contributed by atoms with van der Waals surface area (Å²) in [6.45, 7) is 17.4. The second-order valence-corrected chi connectivity index (χ2v) is 22.0. The third kappa shape index (κ3) is 178. The third-order valence-corrected chi connectivity index (χ3v) is 12.8. The van der Waals surface area contributed by atoms with Crippen LogP contribution in [0.3, 0.4) is 0 Å². The van der Waals surface area contributed by atoms with E-state index >= 15 is 0 Å². The van der Waals surface area contributed by atoms with Crippen molar-refractivity contribution < 1.29 is 107 Å². The van der Waals surface area contributed by atoms with Crippen LogP contribution in [0.1, 0.15) is 370 Å². The quantitative estimate of drug-likeness (QED) is 0.0325. The Balaban J connectivity index is -0.0000000671. The van der Waals surface area contributed by atoms with Gasteiger partial charge in [-0.05, 0) is 51.4 Å². The summed E-state index contributed by atoms with van der Waals surface area (Å²) in [6, 6.07) is 0. The summed E-state index contributed by atoms with van der Waals surface area (Å²) in [7, 11) is 0. The Morgan fingerprint density at radius 3 is 0.433 bits per heavy atom. The Bertz CT molecular complexity index is 1210. The molecule has 0 aliphatic heterocycles. The van der Waals surface area contributed by atoms with E-state index < -0.39 is 0 Å². The number of allylic oxidation sites excluding steroid dienone is 4. The molecule has 16 N–H and O–H groups in total. The van der Waals surface area contributed by atoms with Gasteiger partial charge in [0.05, 0.1) is 0 Å². The summed E-state index contributed by atoms with van der Waals surface area (Å²) >= 11 is 0. The van der Waals surface area contributed by atoms with E-state index in [1.807, 2.05) is 12.2 Å². The molecule has 0 heterocycles. The van der Waals surface area contributed by atoms with E-state index in [0.29, 0.717) is 51.4 Å². The zero-order valence-electron chi connectivity index (χ0n) is 58.7. The van der Waals surface area contributed by atoms with Crippen molar-refractivity contribution in [2.24, 2.45) is 45.9 Å². The predicted octanol–water partition coefficient (Wildman–Crippen LogP) is 3.98. The number of hydrogen-bond donors (Lipinski definition) is 8. The molecule has 0 aromatic carbocycles. The van der Waals surface area contributed by atoms with Crippen LogP contribution < -0.4 is 95.5 Å². The van der Waals surface area contributed by atoms with Gasteiger partial charge in [-0.3, -0.25) is 44.4 Å². The van der Waals surface area contributed by atoms with Crippen molar-refractivity contribution in [3.05, 3.63) is 24.3 Å². The van der Waals surface area contributed by atoms with Crippen LogP contribution in [0, 0.1) is 6.08 Å². The summed E-state index contributed by atoms with van der Waals surface area (Å²) < 4.78 is 0. The maximum absolute atomic E-state index is 10.3. The Morgan fingerprint density at radius 1 is 0.244 bits per heavy atom. The topological polar surface area (TPSA) is 345 Å². The molecule has 8 amide bonds. The van der Waals surface area contributed by atoms with Gasteiger partial charge in [-0.25, -0.2) is 12.2 Å². The van der Waals surface area contributed by atoms with Crippen LogP contribution >= 0.6 is 0 Å². The average molecular weight is 1400 g/mol. The molecule has 1 radical (unpaired) electrons. The molecule has 16 nitrogen and oxygen atoms in total. The van der Waals surface area contributed by atoms with Crippen molar-refractivity contribution >= 4 is 47.3 Å². The Labute approximate surface area is 590 Å². The van der Waals surface area contributed by atoms with E-state index in [1.165, 1.54) is 154 Å². The van der Waals surface area contributed by atoms with Crippen LogP contribution in [0.2, 0.25) is 0 Å². The first kappa shape index (κ1) is 117. The van der Waals surface area contributed by atoms with E-state index in [-0.39, 0.29) is 115 Å². The smallest absolute Gasteiger partial charge is 1.00 e. The Morgan fingerprint density at radius 2 is 0.367 bits per heavy atom. The number of unbranched alkanes of at least 4 members (excludes halogenated alkanes) is 32.